The van der Waals surface area contributed by atoms with Crippen LogP contribution in [0.3, 0.4) is 0 Å². The van der Waals surface area contributed by atoms with Gasteiger partial charge in [0.1, 0.15) is 17.4 Å². The molecule has 0 spiro atoms. The summed E-state index contributed by atoms with van der Waals surface area (Å²) in [5.74, 6) is -1.06. The molecule has 3 amide bonds. The molecule has 0 unspecified atom stereocenters. The smallest absolute Gasteiger partial charge is 0.347 e. The van der Waals surface area contributed by atoms with Crippen molar-refractivity contribution in [2.75, 3.05) is 20.6 Å². The summed E-state index contributed by atoms with van der Waals surface area (Å²) in [6.07, 6.45) is -3.17. The van der Waals surface area contributed by atoms with Gasteiger partial charge in [0.2, 0.25) is 5.91 Å². The molecule has 5 rings (SSSR count). The molecule has 9 nitrogen and oxygen atoms in total. The lowest BCUT2D eigenvalue weighted by Crippen LogP contribution is -2.49. The number of rotatable bonds is 4. The van der Waals surface area contributed by atoms with Crippen molar-refractivity contribution in [2.45, 2.75) is 51.1 Å². The van der Waals surface area contributed by atoms with Crippen LogP contribution in [0.5, 0.6) is 0 Å². The Balaban J connectivity index is 1.53. The average molecular weight is 623 g/mol. The normalized spacial score (nSPS) is 19.3. The van der Waals surface area contributed by atoms with Gasteiger partial charge < -0.3 is 14.7 Å². The van der Waals surface area contributed by atoms with Gasteiger partial charge in [-0.3, -0.25) is 19.4 Å². The SMILES string of the molecule is C[C@@H]1Cc2nn3c(c2CN1C(=O)c1ccc(Cl)c(Cl)c1)C(=O)N([C@@H](C)c1ccc(C(F)(F)F)nc1)C[C@H]3C(=O)N(C)C. The highest BCUT2D eigenvalue weighted by Crippen LogP contribution is 2.37. The molecule has 4 heterocycles. The molecule has 0 fully saturated rings. The molecule has 2 aromatic heterocycles. The first-order valence-electron chi connectivity index (χ1n) is 13.1. The van der Waals surface area contributed by atoms with Crippen molar-refractivity contribution >= 4 is 40.9 Å². The summed E-state index contributed by atoms with van der Waals surface area (Å²) >= 11 is 12.2. The van der Waals surface area contributed by atoms with Gasteiger partial charge in [-0.1, -0.05) is 29.3 Å². The fourth-order valence-corrected chi connectivity index (χ4v) is 5.68. The fourth-order valence-electron chi connectivity index (χ4n) is 5.38. The Hall–Kier alpha value is -3.64. The number of carbonyl (C=O) groups excluding carboxylic acids is 3. The number of carbonyl (C=O) groups is 3. The number of nitrogens with zero attached hydrogens (tertiary/aromatic N) is 6. The van der Waals surface area contributed by atoms with E-state index in [0.717, 1.165) is 12.3 Å². The standard InChI is InChI=1S/C28H27Cl2F3N6O3/c1-14-9-21-18(12-37(14)25(40)16-5-7-19(29)20(30)10-16)24-27(42)38(13-22(39(24)35-21)26(41)36(3)4)15(2)17-6-8-23(34-11-17)28(31,32)33/h5-8,10-11,14-15,22H,9,12-13H2,1-4H3/t14-,15+,22+/m1/s1. The van der Waals surface area contributed by atoms with E-state index < -0.39 is 29.9 Å². The van der Waals surface area contributed by atoms with E-state index >= 15 is 0 Å². The Labute approximate surface area is 249 Å². The van der Waals surface area contributed by atoms with E-state index in [1.54, 1.807) is 32.0 Å². The van der Waals surface area contributed by atoms with Crippen LogP contribution in [-0.2, 0) is 23.9 Å². The second-order valence-electron chi connectivity index (χ2n) is 10.7. The van der Waals surface area contributed by atoms with E-state index in [2.05, 4.69) is 10.1 Å². The molecule has 3 atom stereocenters. The first kappa shape index (κ1) is 29.8. The second kappa shape index (κ2) is 10.9. The highest BCUT2D eigenvalue weighted by molar-refractivity contribution is 6.42. The lowest BCUT2D eigenvalue weighted by molar-refractivity contribution is -0.141. The van der Waals surface area contributed by atoms with Gasteiger partial charge in [-0.15, -0.1) is 0 Å². The summed E-state index contributed by atoms with van der Waals surface area (Å²) in [5.41, 5.74) is 0.952. The monoisotopic (exact) mass is 622 g/mol. The summed E-state index contributed by atoms with van der Waals surface area (Å²) in [6, 6.07) is 4.88. The Morgan fingerprint density at radius 1 is 1.12 bits per heavy atom. The summed E-state index contributed by atoms with van der Waals surface area (Å²) in [6.45, 7) is 3.55. The van der Waals surface area contributed by atoms with E-state index in [1.807, 2.05) is 6.92 Å². The summed E-state index contributed by atoms with van der Waals surface area (Å²) in [5, 5.41) is 5.23. The minimum absolute atomic E-state index is 0.0485. The summed E-state index contributed by atoms with van der Waals surface area (Å²) in [7, 11) is 3.18. The van der Waals surface area contributed by atoms with Crippen molar-refractivity contribution in [3.8, 4) is 0 Å². The number of aromatic nitrogens is 3. The predicted molar refractivity (Wildman–Crippen MR) is 148 cm³/mol. The Morgan fingerprint density at radius 2 is 1.83 bits per heavy atom. The van der Waals surface area contributed by atoms with Crippen LogP contribution in [-0.4, -0.2) is 73.9 Å². The highest BCUT2D eigenvalue weighted by Gasteiger charge is 2.44. The third-order valence-electron chi connectivity index (χ3n) is 7.75. The molecule has 2 aliphatic heterocycles. The van der Waals surface area contributed by atoms with Gasteiger partial charge in [0.25, 0.3) is 11.8 Å². The zero-order valence-electron chi connectivity index (χ0n) is 23.1. The molecule has 0 saturated carbocycles. The zero-order chi connectivity index (χ0) is 30.7. The van der Waals surface area contributed by atoms with Crippen LogP contribution in [0.25, 0.3) is 0 Å². The number of benzene rings is 1. The molecule has 1 aromatic carbocycles. The molecular formula is C28H27Cl2F3N6O3. The van der Waals surface area contributed by atoms with E-state index in [-0.39, 0.29) is 41.7 Å². The number of fused-ring (bicyclic) bond motifs is 3. The van der Waals surface area contributed by atoms with Gasteiger partial charge >= 0.3 is 6.18 Å². The quantitative estimate of drug-likeness (QED) is 0.407. The van der Waals surface area contributed by atoms with Crippen LogP contribution in [0, 0.1) is 0 Å². The highest BCUT2D eigenvalue weighted by atomic mass is 35.5. The molecule has 14 heteroatoms. The van der Waals surface area contributed by atoms with Crippen molar-refractivity contribution < 1.29 is 27.6 Å². The third kappa shape index (κ3) is 5.22. The number of likely N-dealkylation sites (N-methyl/N-ethyl adjacent to an activating group) is 1. The van der Waals surface area contributed by atoms with Crippen molar-refractivity contribution in [2.24, 2.45) is 0 Å². The van der Waals surface area contributed by atoms with Gasteiger partial charge in [-0.25, -0.2) is 4.68 Å². The van der Waals surface area contributed by atoms with Crippen LogP contribution in [0.15, 0.2) is 36.5 Å². The van der Waals surface area contributed by atoms with Gasteiger partial charge in [0.15, 0.2) is 0 Å². The predicted octanol–water partition coefficient (Wildman–Crippen LogP) is 5.04. The Bertz CT molecular complexity index is 1570. The number of pyridine rings is 1. The van der Waals surface area contributed by atoms with Gasteiger partial charge in [0, 0.05) is 43.9 Å². The summed E-state index contributed by atoms with van der Waals surface area (Å²) in [4.78, 5) is 48.9. The fraction of sp³-hybridized carbons (Fsp3) is 0.393. The Kier molecular flexibility index (Phi) is 7.73. The maximum absolute atomic E-state index is 14.0. The lowest BCUT2D eigenvalue weighted by Gasteiger charge is -2.38. The van der Waals surface area contributed by atoms with Crippen LogP contribution in [0.4, 0.5) is 13.2 Å². The van der Waals surface area contributed by atoms with Crippen LogP contribution < -0.4 is 0 Å². The molecule has 42 heavy (non-hydrogen) atoms. The third-order valence-corrected chi connectivity index (χ3v) is 8.49. The number of amides is 3. The molecular weight excluding hydrogens is 596 g/mol. The van der Waals surface area contributed by atoms with Gasteiger partial charge in [-0.05, 0) is 43.7 Å². The average Bonchev–Trinajstić information content (AvgIpc) is 3.31. The Morgan fingerprint density at radius 3 is 2.43 bits per heavy atom. The molecule has 3 aromatic rings. The molecule has 2 aliphatic rings. The van der Waals surface area contributed by atoms with Crippen molar-refractivity contribution in [3.05, 3.63) is 80.3 Å². The number of halogens is 5. The first-order chi connectivity index (χ1) is 19.7. The zero-order valence-corrected chi connectivity index (χ0v) is 24.6. The maximum Gasteiger partial charge on any atom is 0.433 e. The molecule has 0 bridgehead atoms. The number of hydrogen-bond donors (Lipinski definition) is 0. The lowest BCUT2D eigenvalue weighted by atomic mass is 9.96. The largest absolute Gasteiger partial charge is 0.433 e. The molecule has 0 saturated heterocycles. The molecule has 0 aliphatic carbocycles. The minimum Gasteiger partial charge on any atom is -0.347 e. The summed E-state index contributed by atoms with van der Waals surface area (Å²) < 4.78 is 40.7. The van der Waals surface area contributed by atoms with Crippen molar-refractivity contribution in [3.63, 3.8) is 0 Å². The van der Waals surface area contributed by atoms with Crippen LogP contribution in [0.2, 0.25) is 10.0 Å². The number of hydrogen-bond acceptors (Lipinski definition) is 5. The van der Waals surface area contributed by atoms with E-state index in [0.29, 0.717) is 33.8 Å². The van der Waals surface area contributed by atoms with E-state index in [1.165, 1.54) is 32.7 Å². The van der Waals surface area contributed by atoms with Crippen molar-refractivity contribution in [1.29, 1.82) is 0 Å². The van der Waals surface area contributed by atoms with Gasteiger partial charge in [-0.2, -0.15) is 18.3 Å². The topological polar surface area (TPSA) is 91.6 Å². The minimum atomic E-state index is -4.60. The van der Waals surface area contributed by atoms with E-state index in [9.17, 15) is 27.6 Å². The molecule has 0 radical (unpaired) electrons. The maximum atomic E-state index is 14.0. The molecule has 222 valence electrons. The first-order valence-corrected chi connectivity index (χ1v) is 13.9. The second-order valence-corrected chi connectivity index (χ2v) is 11.5. The van der Waals surface area contributed by atoms with Crippen molar-refractivity contribution in [1.82, 2.24) is 29.5 Å². The molecule has 0 N–H and O–H groups in total. The van der Waals surface area contributed by atoms with Crippen LogP contribution in [0.1, 0.15) is 69.3 Å². The number of alkyl halides is 3. The van der Waals surface area contributed by atoms with Crippen LogP contribution >= 0.6 is 23.2 Å². The van der Waals surface area contributed by atoms with Gasteiger partial charge in [0.05, 0.1) is 34.9 Å². The van der Waals surface area contributed by atoms with E-state index in [4.69, 9.17) is 23.2 Å².